The van der Waals surface area contributed by atoms with Crippen LogP contribution in [0.15, 0.2) is 0 Å². The monoisotopic (exact) mass is 419 g/mol. The minimum Gasteiger partial charge on any atom is -0.441 e. The molecule has 9 heteroatoms. The second-order valence-corrected chi connectivity index (χ2v) is 8.94. The van der Waals surface area contributed by atoms with Crippen LogP contribution in [0.4, 0.5) is 13.6 Å². The van der Waals surface area contributed by atoms with Crippen LogP contribution in [0.5, 0.6) is 0 Å². The predicted octanol–water partition coefficient (Wildman–Crippen LogP) is 2.41. The molecule has 1 aromatic heterocycles. The minimum atomic E-state index is -0.392. The molecule has 3 heterocycles. The number of hydrogen-bond donors (Lipinski definition) is 3. The van der Waals surface area contributed by atoms with E-state index in [2.05, 4.69) is 25.5 Å². The lowest BCUT2D eigenvalue weighted by atomic mass is 9.91. The molecule has 0 bridgehead atoms. The first-order valence-corrected chi connectivity index (χ1v) is 10.6. The number of ether oxygens (including phenoxy) is 1. The van der Waals surface area contributed by atoms with E-state index in [0.29, 0.717) is 36.3 Å². The summed E-state index contributed by atoms with van der Waals surface area (Å²) >= 11 is 0. The van der Waals surface area contributed by atoms with Crippen molar-refractivity contribution >= 4 is 17.1 Å². The van der Waals surface area contributed by atoms with Gasteiger partial charge in [0.15, 0.2) is 11.6 Å². The number of benzene rings is 1. The first-order chi connectivity index (χ1) is 14.4. The van der Waals surface area contributed by atoms with E-state index in [1.165, 1.54) is 0 Å². The van der Waals surface area contributed by atoms with Gasteiger partial charge in [0.25, 0.3) is 0 Å². The third kappa shape index (κ3) is 3.15. The molecule has 2 aliphatic heterocycles. The summed E-state index contributed by atoms with van der Waals surface area (Å²) in [7, 11) is 1.78. The Morgan fingerprint density at radius 1 is 1.27 bits per heavy atom. The number of rotatable bonds is 4. The quantitative estimate of drug-likeness (QED) is 0.709. The molecule has 2 fully saturated rings. The summed E-state index contributed by atoms with van der Waals surface area (Å²) in [6, 6.07) is -0.115. The van der Waals surface area contributed by atoms with Crippen LogP contribution in [0.2, 0.25) is 0 Å². The lowest BCUT2D eigenvalue weighted by Gasteiger charge is -2.38. The highest BCUT2D eigenvalue weighted by molar-refractivity contribution is 5.79. The van der Waals surface area contributed by atoms with Crippen molar-refractivity contribution in [1.82, 2.24) is 25.5 Å². The maximum absolute atomic E-state index is 15.2. The Morgan fingerprint density at radius 3 is 2.60 bits per heavy atom. The zero-order chi connectivity index (χ0) is 21.0. The molecule has 1 aliphatic carbocycles. The number of nitrogens with one attached hydrogen (secondary N) is 3. The molecule has 2 aromatic rings. The fourth-order valence-electron chi connectivity index (χ4n) is 5.10. The van der Waals surface area contributed by atoms with Crippen molar-refractivity contribution in [3.8, 4) is 0 Å². The molecule has 162 valence electrons. The third-order valence-corrected chi connectivity index (χ3v) is 7.02. The molecule has 1 unspecified atom stereocenters. The first-order valence-electron chi connectivity index (χ1n) is 10.6. The van der Waals surface area contributed by atoms with Gasteiger partial charge in [-0.25, -0.2) is 18.6 Å². The number of likely N-dealkylation sites (tertiary alicyclic amines) is 1. The Bertz CT molecular complexity index is 950. The van der Waals surface area contributed by atoms with Gasteiger partial charge >= 0.3 is 6.09 Å². The van der Waals surface area contributed by atoms with Crippen LogP contribution in [-0.4, -0.2) is 59.8 Å². The molecule has 0 radical (unpaired) electrons. The van der Waals surface area contributed by atoms with Crippen molar-refractivity contribution < 1.29 is 18.3 Å². The number of hydrogen-bond acceptors (Lipinski definition) is 5. The average molecular weight is 419 g/mol. The van der Waals surface area contributed by atoms with Crippen LogP contribution in [0.3, 0.4) is 0 Å². The smallest absolute Gasteiger partial charge is 0.407 e. The fourth-order valence-corrected chi connectivity index (χ4v) is 5.10. The van der Waals surface area contributed by atoms with Crippen molar-refractivity contribution in [2.75, 3.05) is 33.2 Å². The number of aromatic amines is 1. The second kappa shape index (κ2) is 7.16. The van der Waals surface area contributed by atoms with Gasteiger partial charge in [-0.1, -0.05) is 0 Å². The highest BCUT2D eigenvalue weighted by atomic mass is 19.1. The Hall–Kier alpha value is -2.26. The number of aromatic nitrogens is 2. The lowest BCUT2D eigenvalue weighted by Crippen LogP contribution is -2.47. The summed E-state index contributed by atoms with van der Waals surface area (Å²) in [6.07, 6.45) is 2.29. The van der Waals surface area contributed by atoms with Crippen LogP contribution in [0.25, 0.3) is 11.0 Å². The van der Waals surface area contributed by atoms with E-state index in [0.717, 1.165) is 32.5 Å². The normalized spacial score (nSPS) is 22.5. The number of carbonyl (C=O) groups is 1. The Balaban J connectivity index is 1.30. The van der Waals surface area contributed by atoms with Gasteiger partial charge in [0.05, 0.1) is 12.6 Å². The number of nitrogens with zero attached hydrogens (tertiary/aromatic N) is 2. The van der Waals surface area contributed by atoms with Gasteiger partial charge in [-0.15, -0.1) is 0 Å². The molecule has 1 amide bonds. The van der Waals surface area contributed by atoms with Gasteiger partial charge in [-0.05, 0) is 43.9 Å². The molecule has 2 atom stereocenters. The standard InChI is InChI=1S/C21H27F2N5O2/c1-11(24-2)19-26-17-15(22)13-7-12(8-14(13)16(23)18(17)27-19)9-28-5-3-21(4-6-28)10-25-20(29)30-21/h11-12,24H,3-10H2,1-2H3,(H,25,29)(H,26,27)/t11-/m0/s1. The molecule has 3 N–H and O–H groups in total. The van der Waals surface area contributed by atoms with Gasteiger partial charge in [0, 0.05) is 32.5 Å². The van der Waals surface area contributed by atoms with E-state index in [9.17, 15) is 4.79 Å². The van der Waals surface area contributed by atoms with Crippen molar-refractivity contribution in [3.05, 3.63) is 28.6 Å². The third-order valence-electron chi connectivity index (χ3n) is 7.02. The molecular formula is C21H27F2N5O2. The van der Waals surface area contributed by atoms with Gasteiger partial charge in [0.1, 0.15) is 22.5 Å². The van der Waals surface area contributed by atoms with Crippen LogP contribution in [0.1, 0.15) is 42.8 Å². The molecule has 0 saturated carbocycles. The summed E-state index contributed by atoms with van der Waals surface area (Å²) < 4.78 is 35.8. The topological polar surface area (TPSA) is 82.3 Å². The molecular weight excluding hydrogens is 392 g/mol. The molecule has 2 saturated heterocycles. The molecule has 7 nitrogen and oxygen atoms in total. The van der Waals surface area contributed by atoms with Crippen LogP contribution >= 0.6 is 0 Å². The zero-order valence-corrected chi connectivity index (χ0v) is 17.3. The summed E-state index contributed by atoms with van der Waals surface area (Å²) in [6.45, 7) is 4.88. The Labute approximate surface area is 173 Å². The Kier molecular flexibility index (Phi) is 4.70. The molecule has 1 spiro atoms. The average Bonchev–Trinajstić information content (AvgIpc) is 3.45. The van der Waals surface area contributed by atoms with Crippen molar-refractivity contribution in [2.45, 2.75) is 44.2 Å². The Morgan fingerprint density at radius 2 is 1.97 bits per heavy atom. The zero-order valence-electron chi connectivity index (χ0n) is 17.3. The lowest BCUT2D eigenvalue weighted by molar-refractivity contribution is -0.00216. The van der Waals surface area contributed by atoms with Crippen molar-refractivity contribution in [2.24, 2.45) is 5.92 Å². The maximum Gasteiger partial charge on any atom is 0.407 e. The SMILES string of the molecule is CN[C@@H](C)c1nc2c(F)c3c(c(F)c2[nH]1)CC(CN1CCC2(CC1)CNC(=O)O2)C3. The van der Waals surface area contributed by atoms with E-state index < -0.39 is 5.82 Å². The number of amides is 1. The van der Waals surface area contributed by atoms with Crippen molar-refractivity contribution in [1.29, 1.82) is 0 Å². The van der Waals surface area contributed by atoms with Crippen molar-refractivity contribution in [3.63, 3.8) is 0 Å². The summed E-state index contributed by atoms with van der Waals surface area (Å²) in [5, 5.41) is 5.78. The molecule has 5 rings (SSSR count). The minimum absolute atomic E-state index is 0.0967. The van der Waals surface area contributed by atoms with Gasteiger partial charge < -0.3 is 25.3 Å². The summed E-state index contributed by atoms with van der Waals surface area (Å²) in [4.78, 5) is 21.0. The number of alkyl carbamates (subject to hydrolysis) is 1. The highest BCUT2D eigenvalue weighted by Crippen LogP contribution is 2.37. The van der Waals surface area contributed by atoms with Gasteiger partial charge in [-0.3, -0.25) is 0 Å². The second-order valence-electron chi connectivity index (χ2n) is 8.94. The fraction of sp³-hybridized carbons (Fsp3) is 0.619. The van der Waals surface area contributed by atoms with Crippen LogP contribution in [-0.2, 0) is 17.6 Å². The number of piperidine rings is 1. The highest BCUT2D eigenvalue weighted by Gasteiger charge is 2.43. The van der Waals surface area contributed by atoms with E-state index in [1.807, 2.05) is 6.92 Å². The number of imidazole rings is 1. The van der Waals surface area contributed by atoms with Gasteiger partial charge in [-0.2, -0.15) is 0 Å². The van der Waals surface area contributed by atoms with E-state index in [1.54, 1.807) is 7.05 Å². The molecule has 1 aromatic carbocycles. The first kappa shape index (κ1) is 19.7. The molecule has 3 aliphatic rings. The van der Waals surface area contributed by atoms with Crippen LogP contribution < -0.4 is 10.6 Å². The maximum atomic E-state index is 15.2. The van der Waals surface area contributed by atoms with E-state index >= 15 is 8.78 Å². The predicted molar refractivity (Wildman–Crippen MR) is 107 cm³/mol. The number of halogens is 2. The number of carbonyl (C=O) groups excluding carboxylic acids is 1. The van der Waals surface area contributed by atoms with E-state index in [-0.39, 0.29) is 40.5 Å². The summed E-state index contributed by atoms with van der Waals surface area (Å²) in [5.41, 5.74) is 0.845. The van der Waals surface area contributed by atoms with Crippen LogP contribution in [0, 0.1) is 17.6 Å². The number of fused-ring (bicyclic) bond motifs is 2. The van der Waals surface area contributed by atoms with E-state index in [4.69, 9.17) is 4.74 Å². The number of H-pyrrole nitrogens is 1. The van der Waals surface area contributed by atoms with Gasteiger partial charge in [0.2, 0.25) is 0 Å². The summed E-state index contributed by atoms with van der Waals surface area (Å²) in [5.74, 6) is -0.0527. The largest absolute Gasteiger partial charge is 0.441 e. The molecule has 30 heavy (non-hydrogen) atoms.